The van der Waals surface area contributed by atoms with Crippen LogP contribution in [-0.4, -0.2) is 36.1 Å². The Morgan fingerprint density at radius 3 is 2.46 bits per heavy atom. The Hall–Kier alpha value is -2.43. The second-order valence-corrected chi connectivity index (χ2v) is 7.95. The monoisotopic (exact) mass is 413 g/mol. The van der Waals surface area contributed by atoms with Gasteiger partial charge in [-0.25, -0.2) is 18.1 Å². The summed E-state index contributed by atoms with van der Waals surface area (Å²) >= 11 is 0. The molecule has 3 aromatic rings. The van der Waals surface area contributed by atoms with E-state index >= 15 is 0 Å². The lowest BCUT2D eigenvalue weighted by molar-refractivity contribution is -0.140. The second kappa shape index (κ2) is 7.53. The molecule has 28 heavy (non-hydrogen) atoms. The summed E-state index contributed by atoms with van der Waals surface area (Å²) in [7, 11) is -3.82. The lowest BCUT2D eigenvalue weighted by Crippen LogP contribution is -2.36. The molecule has 2 aromatic heterocycles. The zero-order valence-corrected chi connectivity index (χ0v) is 15.6. The minimum absolute atomic E-state index is 0.00139. The van der Waals surface area contributed by atoms with E-state index < -0.39 is 27.9 Å². The number of hydrogen-bond donors (Lipinski definition) is 3. The fourth-order valence-corrected chi connectivity index (χ4v) is 4.09. The molecule has 0 fully saturated rings. The van der Waals surface area contributed by atoms with Crippen LogP contribution < -0.4 is 4.72 Å². The highest BCUT2D eigenvalue weighted by atomic mass is 32.2. The van der Waals surface area contributed by atoms with Crippen LogP contribution in [0.25, 0.3) is 22.2 Å². The Morgan fingerprint density at radius 2 is 1.89 bits per heavy atom. The van der Waals surface area contributed by atoms with E-state index in [9.17, 15) is 26.7 Å². The Labute approximate surface area is 159 Å². The number of H-pyrrole nitrogens is 1. The van der Waals surface area contributed by atoms with Crippen LogP contribution in [0.2, 0.25) is 0 Å². The number of fused-ring (bicyclic) bond motifs is 1. The highest BCUT2D eigenvalue weighted by Crippen LogP contribution is 2.34. The van der Waals surface area contributed by atoms with Gasteiger partial charge >= 0.3 is 6.18 Å². The molecule has 0 aliphatic heterocycles. The van der Waals surface area contributed by atoms with Gasteiger partial charge < -0.3 is 10.1 Å². The molecule has 1 aromatic carbocycles. The number of aliphatic hydroxyl groups is 1. The number of aromatic nitrogens is 2. The van der Waals surface area contributed by atoms with Crippen molar-refractivity contribution in [3.8, 4) is 11.1 Å². The number of aromatic amines is 1. The van der Waals surface area contributed by atoms with Crippen molar-refractivity contribution in [2.45, 2.75) is 30.5 Å². The lowest BCUT2D eigenvalue weighted by atomic mass is 10.0. The first-order chi connectivity index (χ1) is 13.2. The summed E-state index contributed by atoms with van der Waals surface area (Å²) in [4.78, 5) is 6.17. The van der Waals surface area contributed by atoms with Crippen molar-refractivity contribution < 1.29 is 26.7 Å². The Kier molecular flexibility index (Phi) is 5.46. The largest absolute Gasteiger partial charge is 0.431 e. The molecule has 0 unspecified atom stereocenters. The number of nitrogens with zero attached hydrogens (tertiary/aromatic N) is 1. The number of aliphatic hydroxyl groups excluding tert-OH is 1. The molecule has 6 nitrogen and oxygen atoms in total. The van der Waals surface area contributed by atoms with Gasteiger partial charge in [-0.05, 0) is 41.8 Å². The van der Waals surface area contributed by atoms with Gasteiger partial charge in [0.1, 0.15) is 11.3 Å². The van der Waals surface area contributed by atoms with E-state index in [0.717, 1.165) is 6.07 Å². The molecule has 0 saturated carbocycles. The predicted molar refractivity (Wildman–Crippen MR) is 98.0 cm³/mol. The molecular formula is C18H18F3N3O3S. The third-order valence-electron chi connectivity index (χ3n) is 4.35. The predicted octanol–water partition coefficient (Wildman–Crippen LogP) is 3.30. The number of alkyl halides is 3. The highest BCUT2D eigenvalue weighted by molar-refractivity contribution is 7.89. The molecule has 0 amide bonds. The van der Waals surface area contributed by atoms with Gasteiger partial charge in [0.05, 0.1) is 11.5 Å². The van der Waals surface area contributed by atoms with E-state index in [0.29, 0.717) is 17.5 Å². The maximum absolute atomic E-state index is 13.0. The van der Waals surface area contributed by atoms with E-state index in [2.05, 4.69) is 14.7 Å². The fraction of sp³-hybridized carbons (Fsp3) is 0.278. The molecule has 0 aliphatic rings. The van der Waals surface area contributed by atoms with Crippen LogP contribution in [0.5, 0.6) is 0 Å². The Balaban J connectivity index is 1.97. The molecule has 0 aliphatic carbocycles. The van der Waals surface area contributed by atoms with Crippen molar-refractivity contribution >= 4 is 21.1 Å². The van der Waals surface area contributed by atoms with E-state index in [1.54, 1.807) is 13.0 Å². The van der Waals surface area contributed by atoms with E-state index in [4.69, 9.17) is 0 Å². The van der Waals surface area contributed by atoms with Gasteiger partial charge in [-0.15, -0.1) is 0 Å². The molecule has 3 rings (SSSR count). The first kappa shape index (κ1) is 20.3. The Bertz CT molecular complexity index is 1070. The number of benzene rings is 1. The van der Waals surface area contributed by atoms with Crippen LogP contribution in [0.1, 0.15) is 19.0 Å². The third-order valence-corrected chi connectivity index (χ3v) is 5.88. The fourth-order valence-electron chi connectivity index (χ4n) is 2.78. The molecule has 0 spiro atoms. The number of pyridine rings is 1. The van der Waals surface area contributed by atoms with E-state index in [1.165, 1.54) is 30.5 Å². The maximum Gasteiger partial charge on any atom is 0.431 e. The van der Waals surface area contributed by atoms with Gasteiger partial charge in [0.25, 0.3) is 0 Å². The number of nitrogens with one attached hydrogen (secondary N) is 2. The molecule has 2 heterocycles. The number of sulfonamides is 1. The van der Waals surface area contributed by atoms with Crippen molar-refractivity contribution in [2.75, 3.05) is 6.61 Å². The maximum atomic E-state index is 13.0. The van der Waals surface area contributed by atoms with Crippen LogP contribution in [0.4, 0.5) is 13.2 Å². The zero-order valence-electron chi connectivity index (χ0n) is 14.8. The second-order valence-electron chi connectivity index (χ2n) is 6.23. The van der Waals surface area contributed by atoms with Crippen molar-refractivity contribution in [1.29, 1.82) is 0 Å². The Morgan fingerprint density at radius 1 is 1.21 bits per heavy atom. The van der Waals surface area contributed by atoms with Crippen LogP contribution in [-0.2, 0) is 16.2 Å². The molecule has 1 atom stereocenters. The van der Waals surface area contributed by atoms with Crippen molar-refractivity contribution in [1.82, 2.24) is 14.7 Å². The van der Waals surface area contributed by atoms with Gasteiger partial charge in [-0.3, -0.25) is 0 Å². The summed E-state index contributed by atoms with van der Waals surface area (Å²) in [5, 5.41) is 9.46. The summed E-state index contributed by atoms with van der Waals surface area (Å²) in [6.45, 7) is 1.42. The molecule has 0 saturated heterocycles. The standard InChI is InChI=1S/C18H18F3N3O3S/c1-2-12(10-25)24-28(26,27)13-5-3-11(4-6-13)14-7-8-22-17-15(14)9-16(23-17)18(19,20)21/h3-9,12,24-25H,2,10H2,1H3,(H,22,23)/t12-/m0/s1. The van der Waals surface area contributed by atoms with Gasteiger partial charge in [-0.1, -0.05) is 19.1 Å². The van der Waals surface area contributed by atoms with Gasteiger partial charge in [0.15, 0.2) is 0 Å². The first-order valence-electron chi connectivity index (χ1n) is 8.44. The molecule has 10 heteroatoms. The lowest BCUT2D eigenvalue weighted by Gasteiger charge is -2.14. The van der Waals surface area contributed by atoms with Crippen LogP contribution in [0, 0.1) is 0 Å². The quantitative estimate of drug-likeness (QED) is 0.578. The summed E-state index contributed by atoms with van der Waals surface area (Å²) in [6.07, 6.45) is -2.71. The molecule has 0 radical (unpaired) electrons. The van der Waals surface area contributed by atoms with Crippen LogP contribution in [0.3, 0.4) is 0 Å². The normalized spacial score (nSPS) is 13.8. The van der Waals surface area contributed by atoms with Crippen LogP contribution >= 0.6 is 0 Å². The summed E-state index contributed by atoms with van der Waals surface area (Å²) in [5.74, 6) is 0. The van der Waals surface area contributed by atoms with Gasteiger partial charge in [0, 0.05) is 17.6 Å². The van der Waals surface area contributed by atoms with E-state index in [-0.39, 0.29) is 22.5 Å². The van der Waals surface area contributed by atoms with Crippen molar-refractivity contribution in [3.05, 3.63) is 48.3 Å². The van der Waals surface area contributed by atoms with Crippen LogP contribution in [0.15, 0.2) is 47.5 Å². The first-order valence-corrected chi connectivity index (χ1v) is 9.92. The molecule has 3 N–H and O–H groups in total. The van der Waals surface area contributed by atoms with Crippen molar-refractivity contribution in [2.24, 2.45) is 0 Å². The van der Waals surface area contributed by atoms with Crippen molar-refractivity contribution in [3.63, 3.8) is 0 Å². The topological polar surface area (TPSA) is 95.1 Å². The smallest absolute Gasteiger partial charge is 0.395 e. The number of hydrogen-bond acceptors (Lipinski definition) is 4. The average Bonchev–Trinajstić information content (AvgIpc) is 3.11. The average molecular weight is 413 g/mol. The third kappa shape index (κ3) is 4.03. The minimum atomic E-state index is -4.52. The zero-order chi connectivity index (χ0) is 20.5. The number of halogens is 3. The SMILES string of the molecule is CC[C@@H](CO)NS(=O)(=O)c1ccc(-c2ccnc3[nH]c(C(F)(F)F)cc23)cc1. The number of rotatable bonds is 6. The summed E-state index contributed by atoms with van der Waals surface area (Å²) in [5.41, 5.74) is 0.237. The highest BCUT2D eigenvalue weighted by Gasteiger charge is 2.33. The van der Waals surface area contributed by atoms with Gasteiger partial charge in [0.2, 0.25) is 10.0 Å². The summed E-state index contributed by atoms with van der Waals surface area (Å²) < 4.78 is 66.0. The van der Waals surface area contributed by atoms with E-state index in [1.807, 2.05) is 0 Å². The molecular weight excluding hydrogens is 395 g/mol. The van der Waals surface area contributed by atoms with Gasteiger partial charge in [-0.2, -0.15) is 13.2 Å². The minimum Gasteiger partial charge on any atom is -0.395 e. The molecule has 150 valence electrons. The molecule has 0 bridgehead atoms. The summed E-state index contributed by atoms with van der Waals surface area (Å²) in [6, 6.07) is 7.72.